The molecule has 25 heavy (non-hydrogen) atoms. The number of hydrogen-bond acceptors (Lipinski definition) is 3. The first-order chi connectivity index (χ1) is 11.8. The Morgan fingerprint density at radius 2 is 1.60 bits per heavy atom. The van der Waals surface area contributed by atoms with Crippen molar-refractivity contribution < 1.29 is 13.2 Å². The molecule has 0 saturated heterocycles. The number of rotatable bonds is 5. The maximum absolute atomic E-state index is 12.7. The van der Waals surface area contributed by atoms with Crippen LogP contribution in [0.5, 0.6) is 0 Å². The van der Waals surface area contributed by atoms with E-state index in [2.05, 4.69) is 5.32 Å². The SMILES string of the molecule is CS(=O)(=O)N(CC(=O)NC12CC3CC(CC(C3)C1)C2)c1ccccc1. The summed E-state index contributed by atoms with van der Waals surface area (Å²) < 4.78 is 25.6. The summed E-state index contributed by atoms with van der Waals surface area (Å²) in [4.78, 5) is 12.7. The van der Waals surface area contributed by atoms with E-state index in [9.17, 15) is 13.2 Å². The molecule has 1 aromatic carbocycles. The number of nitrogens with one attached hydrogen (secondary N) is 1. The van der Waals surface area contributed by atoms with E-state index in [0.29, 0.717) is 5.69 Å². The lowest BCUT2D eigenvalue weighted by molar-refractivity contribution is -0.125. The molecule has 0 aliphatic heterocycles. The van der Waals surface area contributed by atoms with Crippen LogP contribution in [0.2, 0.25) is 0 Å². The number of anilines is 1. The molecule has 6 heteroatoms. The molecule has 0 aromatic heterocycles. The van der Waals surface area contributed by atoms with Gasteiger partial charge in [-0.05, 0) is 68.4 Å². The second-order valence-corrected chi connectivity index (χ2v) is 10.3. The number of para-hydroxylation sites is 1. The zero-order chi connectivity index (χ0) is 17.7. The van der Waals surface area contributed by atoms with E-state index in [4.69, 9.17) is 0 Å². The molecule has 5 rings (SSSR count). The van der Waals surface area contributed by atoms with Gasteiger partial charge >= 0.3 is 0 Å². The van der Waals surface area contributed by atoms with Crippen LogP contribution >= 0.6 is 0 Å². The Morgan fingerprint density at radius 3 is 2.08 bits per heavy atom. The highest BCUT2D eigenvalue weighted by molar-refractivity contribution is 7.92. The highest BCUT2D eigenvalue weighted by atomic mass is 32.2. The lowest BCUT2D eigenvalue weighted by atomic mass is 9.53. The van der Waals surface area contributed by atoms with Gasteiger partial charge in [-0.3, -0.25) is 9.10 Å². The highest BCUT2D eigenvalue weighted by Crippen LogP contribution is 2.55. The largest absolute Gasteiger partial charge is 0.349 e. The van der Waals surface area contributed by atoms with Crippen LogP contribution in [0.4, 0.5) is 5.69 Å². The monoisotopic (exact) mass is 362 g/mol. The molecule has 4 bridgehead atoms. The van der Waals surface area contributed by atoms with Crippen LogP contribution in [0.25, 0.3) is 0 Å². The molecule has 0 unspecified atom stereocenters. The van der Waals surface area contributed by atoms with Crippen molar-refractivity contribution in [2.45, 2.75) is 44.1 Å². The van der Waals surface area contributed by atoms with E-state index in [1.54, 1.807) is 24.3 Å². The van der Waals surface area contributed by atoms with Crippen LogP contribution in [-0.4, -0.2) is 32.7 Å². The first kappa shape index (κ1) is 16.9. The Bertz CT molecular complexity index is 725. The van der Waals surface area contributed by atoms with E-state index >= 15 is 0 Å². The summed E-state index contributed by atoms with van der Waals surface area (Å²) >= 11 is 0. The van der Waals surface area contributed by atoms with E-state index in [0.717, 1.165) is 43.3 Å². The van der Waals surface area contributed by atoms with Crippen molar-refractivity contribution in [1.29, 1.82) is 0 Å². The minimum Gasteiger partial charge on any atom is -0.349 e. The number of nitrogens with zero attached hydrogens (tertiary/aromatic N) is 1. The normalized spacial score (nSPS) is 33.2. The summed E-state index contributed by atoms with van der Waals surface area (Å²) in [5.41, 5.74) is 0.441. The highest BCUT2D eigenvalue weighted by Gasteiger charge is 2.51. The summed E-state index contributed by atoms with van der Waals surface area (Å²) in [6, 6.07) is 8.84. The van der Waals surface area contributed by atoms with E-state index < -0.39 is 10.0 Å². The molecular weight excluding hydrogens is 336 g/mol. The van der Waals surface area contributed by atoms with Crippen molar-refractivity contribution in [1.82, 2.24) is 5.32 Å². The quantitative estimate of drug-likeness (QED) is 0.875. The molecule has 1 N–H and O–H groups in total. The number of sulfonamides is 1. The average Bonchev–Trinajstić information content (AvgIpc) is 2.50. The molecule has 4 fully saturated rings. The third-order valence-electron chi connectivity index (χ3n) is 6.17. The van der Waals surface area contributed by atoms with Gasteiger partial charge in [0.1, 0.15) is 6.54 Å². The maximum Gasteiger partial charge on any atom is 0.241 e. The zero-order valence-corrected chi connectivity index (χ0v) is 15.5. The fourth-order valence-corrected chi connectivity index (χ4v) is 6.58. The number of carbonyl (C=O) groups excluding carboxylic acids is 1. The minimum atomic E-state index is -3.51. The molecule has 0 radical (unpaired) electrons. The molecule has 5 nitrogen and oxygen atoms in total. The van der Waals surface area contributed by atoms with Crippen LogP contribution in [0, 0.1) is 17.8 Å². The fraction of sp³-hybridized carbons (Fsp3) is 0.632. The topological polar surface area (TPSA) is 66.5 Å². The molecule has 0 heterocycles. The molecule has 4 saturated carbocycles. The number of carbonyl (C=O) groups is 1. The standard InChI is InChI=1S/C19H26N2O3S/c1-25(23,24)21(17-5-3-2-4-6-17)13-18(22)20-19-10-14-7-15(11-19)9-16(8-14)12-19/h2-6,14-16H,7-13H2,1H3,(H,20,22). The second kappa shape index (κ2) is 6.01. The van der Waals surface area contributed by atoms with Gasteiger partial charge in [-0.15, -0.1) is 0 Å². The summed E-state index contributed by atoms with van der Waals surface area (Å²) in [5, 5.41) is 3.25. The van der Waals surface area contributed by atoms with Crippen LogP contribution < -0.4 is 9.62 Å². The van der Waals surface area contributed by atoms with Gasteiger partial charge in [0.2, 0.25) is 15.9 Å². The third kappa shape index (κ3) is 3.41. The molecule has 4 aliphatic rings. The fourth-order valence-electron chi connectivity index (χ4n) is 5.72. The van der Waals surface area contributed by atoms with Crippen molar-refractivity contribution in [3.63, 3.8) is 0 Å². The summed E-state index contributed by atoms with van der Waals surface area (Å²) in [6.45, 7) is -0.148. The molecule has 0 atom stereocenters. The Hall–Kier alpha value is -1.56. The van der Waals surface area contributed by atoms with E-state index in [1.165, 1.54) is 23.6 Å². The molecule has 1 amide bonds. The lowest BCUT2D eigenvalue weighted by Crippen LogP contribution is -2.61. The van der Waals surface area contributed by atoms with Gasteiger partial charge < -0.3 is 5.32 Å². The summed E-state index contributed by atoms with van der Waals surface area (Å²) in [5.74, 6) is 2.04. The van der Waals surface area contributed by atoms with Crippen LogP contribution in [0.1, 0.15) is 38.5 Å². The van der Waals surface area contributed by atoms with E-state index in [1.807, 2.05) is 6.07 Å². The van der Waals surface area contributed by atoms with Gasteiger partial charge in [-0.2, -0.15) is 0 Å². The molecule has 1 aromatic rings. The van der Waals surface area contributed by atoms with E-state index in [-0.39, 0.29) is 18.0 Å². The van der Waals surface area contributed by atoms with Crippen LogP contribution in [-0.2, 0) is 14.8 Å². The summed E-state index contributed by atoms with van der Waals surface area (Å²) in [6.07, 6.45) is 8.29. The van der Waals surface area contributed by atoms with Gasteiger partial charge in [-0.1, -0.05) is 18.2 Å². The number of hydrogen-bond donors (Lipinski definition) is 1. The first-order valence-corrected chi connectivity index (χ1v) is 11.0. The number of benzene rings is 1. The Balaban J connectivity index is 1.49. The van der Waals surface area contributed by atoms with Gasteiger partial charge in [0, 0.05) is 5.54 Å². The third-order valence-corrected chi connectivity index (χ3v) is 7.32. The van der Waals surface area contributed by atoms with Crippen molar-refractivity contribution in [3.8, 4) is 0 Å². The first-order valence-electron chi connectivity index (χ1n) is 9.17. The number of amides is 1. The smallest absolute Gasteiger partial charge is 0.241 e. The zero-order valence-electron chi connectivity index (χ0n) is 14.6. The van der Waals surface area contributed by atoms with Crippen molar-refractivity contribution in [2.24, 2.45) is 17.8 Å². The Morgan fingerprint density at radius 1 is 1.08 bits per heavy atom. The van der Waals surface area contributed by atoms with Crippen LogP contribution in [0.15, 0.2) is 30.3 Å². The van der Waals surface area contributed by atoms with Gasteiger partial charge in [0.05, 0.1) is 11.9 Å². The Kier molecular flexibility index (Phi) is 4.06. The molecule has 136 valence electrons. The molecule has 4 aliphatic carbocycles. The lowest BCUT2D eigenvalue weighted by Gasteiger charge is -2.57. The second-order valence-electron chi connectivity index (χ2n) is 8.35. The van der Waals surface area contributed by atoms with Gasteiger partial charge in [-0.25, -0.2) is 8.42 Å². The molecular formula is C19H26N2O3S. The maximum atomic E-state index is 12.7. The van der Waals surface area contributed by atoms with Crippen molar-refractivity contribution >= 4 is 21.6 Å². The Labute approximate surface area is 149 Å². The van der Waals surface area contributed by atoms with Crippen LogP contribution in [0.3, 0.4) is 0 Å². The molecule has 0 spiro atoms. The predicted octanol–water partition coefficient (Wildman–Crippen LogP) is 2.54. The predicted molar refractivity (Wildman–Crippen MR) is 97.7 cm³/mol. The summed E-state index contributed by atoms with van der Waals surface area (Å²) in [7, 11) is -3.51. The van der Waals surface area contributed by atoms with Gasteiger partial charge in [0.25, 0.3) is 0 Å². The average molecular weight is 362 g/mol. The van der Waals surface area contributed by atoms with Crippen molar-refractivity contribution in [2.75, 3.05) is 17.1 Å². The van der Waals surface area contributed by atoms with Crippen molar-refractivity contribution in [3.05, 3.63) is 30.3 Å². The van der Waals surface area contributed by atoms with Gasteiger partial charge in [0.15, 0.2) is 0 Å². The minimum absolute atomic E-state index is 0.0916.